The molecule has 0 amide bonds. The molecule has 0 radical (unpaired) electrons. The van der Waals surface area contributed by atoms with Crippen LogP contribution in [0.4, 0.5) is 0 Å². The molecule has 9 rings (SSSR count). The Bertz CT molecular complexity index is 2320. The number of fused-ring (bicyclic) bond motifs is 6. The third kappa shape index (κ3) is 7.81. The summed E-state index contributed by atoms with van der Waals surface area (Å²) in [5.41, 5.74) is 11.9. The van der Waals surface area contributed by atoms with Gasteiger partial charge in [-0.05, 0) is 55.9 Å². The van der Waals surface area contributed by atoms with E-state index >= 15 is 0 Å². The first kappa shape index (κ1) is 40.6. The maximum absolute atomic E-state index is 7.26. The predicted octanol–water partition coefficient (Wildman–Crippen LogP) is 8.66. The molecule has 2 aromatic heterocycles. The van der Waals surface area contributed by atoms with Gasteiger partial charge >= 0.3 is 44.8 Å². The van der Waals surface area contributed by atoms with Crippen LogP contribution in [0.1, 0.15) is 11.1 Å². The summed E-state index contributed by atoms with van der Waals surface area (Å²) in [7, 11) is -3.10. The molecule has 6 heteroatoms. The SMILES string of the molecule is [Au+].[Au+].[C-]#Cc1ccc2c(c1)[Si](C)(C)c1ccccc1-2.[C-]#Cc1ccc2c(c1)[Si](C)(C)c1ccccc1-2.c1cncc(-c2ccccc2-c2cccnc2)c1. The summed E-state index contributed by atoms with van der Waals surface area (Å²) in [6.07, 6.45) is 21.9. The van der Waals surface area contributed by atoms with E-state index in [-0.39, 0.29) is 44.8 Å². The zero-order valence-electron chi connectivity index (χ0n) is 30.5. The molecule has 0 fully saturated rings. The molecule has 0 bridgehead atoms. The van der Waals surface area contributed by atoms with Crippen LogP contribution < -0.4 is 20.7 Å². The first-order valence-electron chi connectivity index (χ1n) is 17.5. The topological polar surface area (TPSA) is 25.8 Å². The van der Waals surface area contributed by atoms with Crippen molar-refractivity contribution in [1.29, 1.82) is 0 Å². The number of aromatic nitrogens is 2. The van der Waals surface area contributed by atoms with Gasteiger partial charge in [0.2, 0.25) is 0 Å². The summed E-state index contributed by atoms with van der Waals surface area (Å²) >= 11 is 0. The number of benzene rings is 5. The third-order valence-corrected chi connectivity index (χ3v) is 17.4. The van der Waals surface area contributed by atoms with E-state index in [1.807, 2.05) is 48.8 Å². The van der Waals surface area contributed by atoms with Crippen LogP contribution in [0.25, 0.3) is 44.5 Å². The van der Waals surface area contributed by atoms with Crippen molar-refractivity contribution in [1.82, 2.24) is 9.97 Å². The molecule has 54 heavy (non-hydrogen) atoms. The van der Waals surface area contributed by atoms with Crippen molar-refractivity contribution in [3.8, 4) is 56.3 Å². The van der Waals surface area contributed by atoms with Crippen LogP contribution in [0, 0.1) is 24.7 Å². The van der Waals surface area contributed by atoms with E-state index in [1.54, 1.807) is 12.4 Å². The van der Waals surface area contributed by atoms with Gasteiger partial charge in [0.1, 0.15) is 16.1 Å². The van der Waals surface area contributed by atoms with Gasteiger partial charge in [-0.15, -0.1) is 35.4 Å². The van der Waals surface area contributed by atoms with Gasteiger partial charge in [-0.2, -0.15) is 0 Å². The minimum Gasteiger partial charge on any atom is -0.366 e. The van der Waals surface area contributed by atoms with Crippen LogP contribution in [0.5, 0.6) is 0 Å². The molecule has 4 heterocycles. The first-order chi connectivity index (χ1) is 25.2. The number of pyridine rings is 2. The summed E-state index contributed by atoms with van der Waals surface area (Å²) in [5.74, 6) is 4.99. The second-order valence-electron chi connectivity index (χ2n) is 14.1. The minimum absolute atomic E-state index is 0. The number of hydrogen-bond donors (Lipinski definition) is 0. The maximum Gasteiger partial charge on any atom is 1.00 e. The third-order valence-electron chi connectivity index (χ3n) is 10.3. The van der Waals surface area contributed by atoms with Gasteiger partial charge in [-0.3, -0.25) is 21.8 Å². The molecule has 5 aromatic carbocycles. The van der Waals surface area contributed by atoms with Gasteiger partial charge in [-0.1, -0.05) is 134 Å². The average Bonchev–Trinajstić information content (AvgIpc) is 3.58. The molecule has 2 aliphatic rings. The fraction of sp³-hybridized carbons (Fsp3) is 0.0833. The fourth-order valence-corrected chi connectivity index (χ4v) is 13.8. The van der Waals surface area contributed by atoms with E-state index in [2.05, 4.69) is 145 Å². The van der Waals surface area contributed by atoms with Crippen LogP contribution in [0.2, 0.25) is 26.2 Å². The Balaban J connectivity index is 0.000000153. The molecule has 7 aromatic rings. The summed E-state index contributed by atoms with van der Waals surface area (Å²) in [6, 6.07) is 46.3. The fourth-order valence-electron chi connectivity index (χ4n) is 7.59. The molecular formula is C48H38Au2N2Si2. The van der Waals surface area contributed by atoms with Crippen molar-refractivity contribution in [3.05, 3.63) is 182 Å². The molecule has 0 spiro atoms. The van der Waals surface area contributed by atoms with E-state index in [1.165, 1.54) is 54.1 Å². The molecule has 0 aliphatic carbocycles. The second-order valence-corrected chi connectivity index (χ2v) is 22.8. The number of hydrogen-bond acceptors (Lipinski definition) is 2. The summed E-state index contributed by atoms with van der Waals surface area (Å²) in [6.45, 7) is 9.52. The molecule has 0 saturated heterocycles. The van der Waals surface area contributed by atoms with Gasteiger partial charge in [0.25, 0.3) is 0 Å². The van der Waals surface area contributed by atoms with E-state index in [0.29, 0.717) is 0 Å². The quantitative estimate of drug-likeness (QED) is 0.0986. The van der Waals surface area contributed by atoms with Crippen molar-refractivity contribution in [2.45, 2.75) is 26.2 Å². The van der Waals surface area contributed by atoms with Gasteiger partial charge in [0.15, 0.2) is 0 Å². The molecule has 0 unspecified atom stereocenters. The molecule has 0 N–H and O–H groups in total. The van der Waals surface area contributed by atoms with E-state index < -0.39 is 16.1 Å². The Kier molecular flexibility index (Phi) is 13.0. The van der Waals surface area contributed by atoms with Gasteiger partial charge in [-0.25, -0.2) is 0 Å². The Morgan fingerprint density at radius 3 is 1.11 bits per heavy atom. The smallest absolute Gasteiger partial charge is 0.366 e. The maximum atomic E-state index is 7.26. The molecule has 0 saturated carbocycles. The first-order valence-corrected chi connectivity index (χ1v) is 23.5. The minimum atomic E-state index is -1.55. The molecule has 2 nitrogen and oxygen atoms in total. The molecule has 2 aliphatic heterocycles. The molecule has 0 atom stereocenters. The van der Waals surface area contributed by atoms with Crippen molar-refractivity contribution >= 4 is 36.9 Å². The van der Waals surface area contributed by atoms with E-state index in [4.69, 9.17) is 12.8 Å². The standard InChI is InChI=1S/C16H12N2.2C16H13Si.2Au/c1-2-8-16(14-6-4-10-18-12-14)15(7-1)13-5-3-9-17-11-13;2*1-4-12-9-10-14-13-7-5-6-8-15(13)17(2,3)16(14)11-12;;/h1-12H;2*5-11H,2-3H3;;/q;2*-1;2*+1. The van der Waals surface area contributed by atoms with Crippen LogP contribution in [-0.2, 0) is 44.8 Å². The average molecular weight is 1090 g/mol. The van der Waals surface area contributed by atoms with Crippen molar-refractivity contribution < 1.29 is 44.8 Å². The van der Waals surface area contributed by atoms with E-state index in [9.17, 15) is 0 Å². The zero-order valence-corrected chi connectivity index (χ0v) is 36.8. The van der Waals surface area contributed by atoms with Gasteiger partial charge in [0, 0.05) is 35.9 Å². The van der Waals surface area contributed by atoms with Crippen molar-refractivity contribution in [2.24, 2.45) is 0 Å². The van der Waals surface area contributed by atoms with Crippen LogP contribution in [0.15, 0.2) is 158 Å². The Morgan fingerprint density at radius 1 is 0.407 bits per heavy atom. The normalized spacial score (nSPS) is 12.8. The van der Waals surface area contributed by atoms with E-state index in [0.717, 1.165) is 22.3 Å². The second kappa shape index (κ2) is 17.3. The number of nitrogens with zero attached hydrogens (tertiary/aromatic N) is 2. The van der Waals surface area contributed by atoms with Crippen LogP contribution in [-0.4, -0.2) is 26.1 Å². The molecular weight excluding hydrogens is 1050 g/mol. The summed E-state index contributed by atoms with van der Waals surface area (Å²) in [5, 5.41) is 5.90. The summed E-state index contributed by atoms with van der Waals surface area (Å²) in [4.78, 5) is 8.36. The van der Waals surface area contributed by atoms with Crippen molar-refractivity contribution in [2.75, 3.05) is 0 Å². The molecule has 270 valence electrons. The predicted molar refractivity (Wildman–Crippen MR) is 223 cm³/mol. The van der Waals surface area contributed by atoms with Gasteiger partial charge in [0.05, 0.1) is 0 Å². The van der Waals surface area contributed by atoms with Crippen LogP contribution >= 0.6 is 0 Å². The number of rotatable bonds is 2. The summed E-state index contributed by atoms with van der Waals surface area (Å²) < 4.78 is 0. The Labute approximate surface area is 353 Å². The largest absolute Gasteiger partial charge is 1.00 e. The zero-order chi connectivity index (χ0) is 36.3. The monoisotopic (exact) mass is 1090 g/mol. The van der Waals surface area contributed by atoms with Crippen molar-refractivity contribution in [3.63, 3.8) is 0 Å². The van der Waals surface area contributed by atoms with Gasteiger partial charge < -0.3 is 12.8 Å². The Morgan fingerprint density at radius 2 is 0.759 bits per heavy atom. The Hall–Kier alpha value is -4.57. The van der Waals surface area contributed by atoms with Crippen LogP contribution in [0.3, 0.4) is 0 Å².